The molecule has 17 heteroatoms. The zero-order valence-electron chi connectivity index (χ0n) is 28.4. The fraction of sp³-hybridized carbons (Fsp3) is 0.314. The first kappa shape index (κ1) is 36.8. The van der Waals surface area contributed by atoms with E-state index in [4.69, 9.17) is 23.5 Å². The molecule has 274 valence electrons. The van der Waals surface area contributed by atoms with Crippen molar-refractivity contribution in [3.63, 3.8) is 0 Å². The molecular weight excluding hydrogens is 703 g/mol. The Balaban J connectivity index is 1.43. The highest BCUT2D eigenvalue weighted by molar-refractivity contribution is 7.32. The first-order valence-electron chi connectivity index (χ1n) is 16.1. The molecule has 0 bridgehead atoms. The quantitative estimate of drug-likeness (QED) is 0.109. The second-order valence-corrected chi connectivity index (χ2v) is 13.0. The third kappa shape index (κ3) is 6.95. The van der Waals surface area contributed by atoms with Gasteiger partial charge in [-0.15, -0.1) is 0 Å². The Morgan fingerprint density at radius 2 is 1.60 bits per heavy atom. The van der Waals surface area contributed by atoms with Crippen LogP contribution in [0.25, 0.3) is 11.2 Å². The molecule has 1 fully saturated rings. The highest BCUT2D eigenvalue weighted by Gasteiger charge is 2.62. The van der Waals surface area contributed by atoms with Crippen molar-refractivity contribution in [3.05, 3.63) is 112 Å². The minimum Gasteiger partial charge on any atom is -0.497 e. The number of ether oxygens (including phenoxy) is 4. The normalized spacial score (nSPS) is 19.1. The summed E-state index contributed by atoms with van der Waals surface area (Å²) in [4.78, 5) is 45.6. The van der Waals surface area contributed by atoms with Crippen molar-refractivity contribution in [1.82, 2.24) is 19.5 Å². The van der Waals surface area contributed by atoms with Gasteiger partial charge in [0.1, 0.15) is 23.2 Å². The Bertz CT molecular complexity index is 2060. The van der Waals surface area contributed by atoms with Gasteiger partial charge in [0.2, 0.25) is 11.9 Å². The highest BCUT2D eigenvalue weighted by atomic mass is 31.1. The van der Waals surface area contributed by atoms with Gasteiger partial charge in [-0.3, -0.25) is 33.5 Å². The lowest BCUT2D eigenvalue weighted by Gasteiger charge is -2.37. The topological polar surface area (TPSA) is 176 Å². The van der Waals surface area contributed by atoms with Gasteiger partial charge in [0, 0.05) is 5.92 Å². The summed E-state index contributed by atoms with van der Waals surface area (Å²) in [7, 11) is -0.924. The Morgan fingerprint density at radius 1 is 1.02 bits per heavy atom. The Hall–Kier alpha value is -4.99. The van der Waals surface area contributed by atoms with Crippen LogP contribution in [-0.2, 0) is 29.0 Å². The van der Waals surface area contributed by atoms with Gasteiger partial charge >= 0.3 is 14.2 Å². The minimum atomic E-state index is -3.96. The van der Waals surface area contributed by atoms with Gasteiger partial charge in [0.25, 0.3) is 5.56 Å². The molecule has 4 atom stereocenters. The molecule has 0 spiro atoms. The third-order valence-corrected chi connectivity index (χ3v) is 9.15. The van der Waals surface area contributed by atoms with Crippen LogP contribution in [0, 0.1) is 5.92 Å². The molecule has 14 nitrogen and oxygen atoms in total. The lowest BCUT2D eigenvalue weighted by atomic mass is 9.80. The number of fused-ring (bicyclic) bond motifs is 1. The summed E-state index contributed by atoms with van der Waals surface area (Å²) in [6.45, 7) is 2.49. The van der Waals surface area contributed by atoms with Gasteiger partial charge < -0.3 is 23.8 Å². The molecule has 1 aliphatic heterocycles. The number of halogens is 2. The number of amides is 1. The maximum absolute atomic E-state index is 16.5. The molecule has 0 aliphatic carbocycles. The lowest BCUT2D eigenvalue weighted by molar-refractivity contribution is -0.143. The largest absolute Gasteiger partial charge is 0.497 e. The van der Waals surface area contributed by atoms with E-state index in [0.29, 0.717) is 28.2 Å². The summed E-state index contributed by atoms with van der Waals surface area (Å²) in [5.74, 6) is -4.03. The number of alkyl halides is 2. The molecule has 3 aromatic carbocycles. The van der Waals surface area contributed by atoms with E-state index in [1.54, 1.807) is 86.6 Å². The fourth-order valence-corrected chi connectivity index (χ4v) is 6.51. The summed E-state index contributed by atoms with van der Waals surface area (Å²) in [6.07, 6.45) is -5.20. The number of nitrogens with one attached hydrogen (secondary N) is 2. The number of nitrogens with zero attached hydrogens (tertiary/aromatic N) is 3. The number of aromatic nitrogens is 4. The van der Waals surface area contributed by atoms with Crippen molar-refractivity contribution in [1.29, 1.82) is 0 Å². The van der Waals surface area contributed by atoms with E-state index in [2.05, 4.69) is 20.3 Å². The molecule has 1 saturated heterocycles. The van der Waals surface area contributed by atoms with Crippen molar-refractivity contribution in [3.8, 4) is 11.5 Å². The van der Waals surface area contributed by atoms with Gasteiger partial charge in [-0.1, -0.05) is 68.4 Å². The van der Waals surface area contributed by atoms with Crippen LogP contribution >= 0.6 is 8.25 Å². The van der Waals surface area contributed by atoms with Crippen molar-refractivity contribution in [2.24, 2.45) is 5.92 Å². The standard InChI is InChI=1S/C35H36F2N5O9P/c1-20(2)30(43)40-33-39-29-27(31(44)41-33)38-19-42(29)32-28(51-52(45)46)35(36,37)26(50-32)18-49-34(21-8-6-5-7-9-21,22-10-14-24(47-3)15-11-22)23-12-16-25(48-4)17-13-23/h5-17,19-20,26,28,32,52H,18H2,1-4H3,(H,45,46)(H2,39,40,41,43,44)/t26-,28+,32-/m1/s1. The fourth-order valence-electron chi connectivity index (χ4n) is 6.02. The van der Waals surface area contributed by atoms with Crippen LogP contribution in [0.3, 0.4) is 0 Å². The van der Waals surface area contributed by atoms with Crippen LogP contribution < -0.4 is 20.3 Å². The average Bonchev–Trinajstić information content (AvgIpc) is 3.67. The summed E-state index contributed by atoms with van der Waals surface area (Å²) in [6, 6.07) is 22.9. The predicted molar refractivity (Wildman–Crippen MR) is 185 cm³/mol. The first-order chi connectivity index (χ1) is 24.9. The number of imidazole rings is 1. The maximum Gasteiger partial charge on any atom is 0.317 e. The van der Waals surface area contributed by atoms with Crippen LogP contribution in [-0.4, -0.2) is 69.3 Å². The molecule has 0 radical (unpaired) electrons. The smallest absolute Gasteiger partial charge is 0.317 e. The van der Waals surface area contributed by atoms with E-state index in [1.165, 1.54) is 14.2 Å². The molecule has 1 aliphatic rings. The second kappa shape index (κ2) is 14.9. The Kier molecular flexibility index (Phi) is 10.6. The Morgan fingerprint density at radius 3 is 2.13 bits per heavy atom. The number of carbonyl (C=O) groups is 1. The van der Waals surface area contributed by atoms with Crippen LogP contribution in [0.2, 0.25) is 0 Å². The van der Waals surface area contributed by atoms with Crippen LogP contribution in [0.1, 0.15) is 36.8 Å². The summed E-state index contributed by atoms with van der Waals surface area (Å²) in [5, 5.41) is 2.46. The molecule has 5 aromatic rings. The van der Waals surface area contributed by atoms with E-state index >= 15 is 8.78 Å². The van der Waals surface area contributed by atoms with Crippen molar-refractivity contribution < 1.29 is 46.5 Å². The van der Waals surface area contributed by atoms with Crippen molar-refractivity contribution in [2.75, 3.05) is 26.1 Å². The van der Waals surface area contributed by atoms with Gasteiger partial charge in [0.15, 0.2) is 23.5 Å². The van der Waals surface area contributed by atoms with E-state index in [9.17, 15) is 19.0 Å². The number of carbonyl (C=O) groups excluding carboxylic acids is 1. The number of anilines is 1. The average molecular weight is 740 g/mol. The molecule has 52 heavy (non-hydrogen) atoms. The second-order valence-electron chi connectivity index (χ2n) is 12.2. The summed E-state index contributed by atoms with van der Waals surface area (Å²) < 4.78 is 74.2. The van der Waals surface area contributed by atoms with E-state index in [1.807, 2.05) is 6.07 Å². The number of hydrogen-bond acceptors (Lipinski definition) is 10. The summed E-state index contributed by atoms with van der Waals surface area (Å²) in [5.41, 5.74) is -1.05. The molecule has 1 unspecified atom stereocenters. The van der Waals surface area contributed by atoms with Crippen molar-refractivity contribution in [2.45, 2.75) is 43.8 Å². The van der Waals surface area contributed by atoms with Gasteiger partial charge in [0.05, 0.1) is 27.2 Å². The minimum absolute atomic E-state index is 0.244. The van der Waals surface area contributed by atoms with Crippen LogP contribution in [0.15, 0.2) is 90.0 Å². The van der Waals surface area contributed by atoms with E-state index < -0.39 is 62.2 Å². The molecule has 0 saturated carbocycles. The van der Waals surface area contributed by atoms with Crippen LogP contribution in [0.4, 0.5) is 14.7 Å². The van der Waals surface area contributed by atoms with Crippen molar-refractivity contribution >= 4 is 31.3 Å². The molecule has 3 N–H and O–H groups in total. The lowest BCUT2D eigenvalue weighted by Crippen LogP contribution is -2.44. The maximum atomic E-state index is 16.5. The first-order valence-corrected chi connectivity index (χ1v) is 17.3. The highest BCUT2D eigenvalue weighted by Crippen LogP contribution is 2.49. The summed E-state index contributed by atoms with van der Waals surface area (Å²) >= 11 is 0. The van der Waals surface area contributed by atoms with Gasteiger partial charge in [-0.05, 0) is 41.0 Å². The number of aromatic amines is 1. The Labute approximate surface area is 296 Å². The zero-order chi connectivity index (χ0) is 37.2. The number of hydrogen-bond donors (Lipinski definition) is 3. The monoisotopic (exact) mass is 739 g/mol. The number of benzene rings is 3. The number of rotatable bonds is 13. The van der Waals surface area contributed by atoms with Gasteiger partial charge in [-0.2, -0.15) is 4.98 Å². The number of methoxy groups -OCH3 is 2. The SMILES string of the molecule is COc1ccc(C(OC[C@H]2O[C@@H](n3cnc4c(=O)[nH]c(NC(=O)C(C)C)nc43)[C@H](O[PH](=O)O)C2(F)F)(c2ccccc2)c2ccc(OC)cc2)cc1. The molecule has 1 amide bonds. The van der Waals surface area contributed by atoms with E-state index in [-0.39, 0.29) is 17.1 Å². The van der Waals surface area contributed by atoms with Gasteiger partial charge in [-0.25, -0.2) is 13.8 Å². The third-order valence-electron chi connectivity index (χ3n) is 8.70. The predicted octanol–water partition coefficient (Wildman–Crippen LogP) is 5.04. The van der Waals surface area contributed by atoms with E-state index in [0.717, 1.165) is 10.9 Å². The molecule has 2 aromatic heterocycles. The molecule has 6 rings (SSSR count). The zero-order valence-corrected chi connectivity index (χ0v) is 29.4. The molecule has 3 heterocycles. The van der Waals surface area contributed by atoms with Crippen LogP contribution in [0.5, 0.6) is 11.5 Å². The molecular formula is C35H36F2N5O9P. The number of H-pyrrole nitrogens is 1.